The predicted octanol–water partition coefficient (Wildman–Crippen LogP) is 3.30. The summed E-state index contributed by atoms with van der Waals surface area (Å²) < 4.78 is 5.41. The van der Waals surface area contributed by atoms with Gasteiger partial charge in [-0.25, -0.2) is 0 Å². The average molecular weight is 252 g/mol. The number of ether oxygens (including phenoxy) is 1. The number of nitrogens with one attached hydrogen (secondary N) is 1. The van der Waals surface area contributed by atoms with Crippen molar-refractivity contribution in [2.45, 2.75) is 6.54 Å². The van der Waals surface area contributed by atoms with Gasteiger partial charge in [0, 0.05) is 28.7 Å². The molecule has 1 heterocycles. The smallest absolute Gasteiger partial charge is 0.126 e. The standard InChI is InChI=1S/C16H16N2O/c1-19-16-5-3-2-4-14(16)11-6-7-15-12(8-11)9-13(10-17)18-15/h2-9,18H,10,17H2,1H3. The van der Waals surface area contributed by atoms with Crippen LogP contribution in [0.2, 0.25) is 0 Å². The van der Waals surface area contributed by atoms with Gasteiger partial charge in [-0.1, -0.05) is 24.3 Å². The van der Waals surface area contributed by atoms with E-state index < -0.39 is 0 Å². The number of aromatic amines is 1. The fourth-order valence-electron chi connectivity index (χ4n) is 2.35. The number of hydrogen-bond acceptors (Lipinski definition) is 2. The van der Waals surface area contributed by atoms with Crippen LogP contribution in [-0.2, 0) is 6.54 Å². The van der Waals surface area contributed by atoms with Gasteiger partial charge in [-0.15, -0.1) is 0 Å². The molecule has 3 rings (SSSR count). The minimum absolute atomic E-state index is 0.526. The molecule has 19 heavy (non-hydrogen) atoms. The third-order valence-electron chi connectivity index (χ3n) is 3.31. The Kier molecular flexibility index (Phi) is 2.97. The van der Waals surface area contributed by atoms with Gasteiger partial charge in [-0.3, -0.25) is 0 Å². The topological polar surface area (TPSA) is 51.0 Å². The largest absolute Gasteiger partial charge is 0.496 e. The Morgan fingerprint density at radius 2 is 1.95 bits per heavy atom. The molecule has 0 radical (unpaired) electrons. The van der Waals surface area contributed by atoms with Crippen LogP contribution in [0.4, 0.5) is 0 Å². The highest BCUT2D eigenvalue weighted by Gasteiger charge is 2.06. The summed E-state index contributed by atoms with van der Waals surface area (Å²) in [5.41, 5.74) is 10.1. The van der Waals surface area contributed by atoms with Gasteiger partial charge >= 0.3 is 0 Å². The summed E-state index contributed by atoms with van der Waals surface area (Å²) in [5, 5.41) is 1.17. The molecule has 0 fully saturated rings. The zero-order chi connectivity index (χ0) is 13.2. The van der Waals surface area contributed by atoms with Crippen molar-refractivity contribution in [2.75, 3.05) is 7.11 Å². The van der Waals surface area contributed by atoms with Crippen molar-refractivity contribution in [3.05, 3.63) is 54.2 Å². The molecule has 0 saturated heterocycles. The fraction of sp³-hybridized carbons (Fsp3) is 0.125. The molecule has 3 N–H and O–H groups in total. The van der Waals surface area contributed by atoms with Crippen LogP contribution in [0.3, 0.4) is 0 Å². The van der Waals surface area contributed by atoms with Crippen molar-refractivity contribution in [3.8, 4) is 16.9 Å². The van der Waals surface area contributed by atoms with Gasteiger partial charge in [0.05, 0.1) is 7.11 Å². The predicted molar refractivity (Wildman–Crippen MR) is 78.2 cm³/mol. The highest BCUT2D eigenvalue weighted by atomic mass is 16.5. The van der Waals surface area contributed by atoms with Gasteiger partial charge in [0.2, 0.25) is 0 Å². The lowest BCUT2D eigenvalue weighted by Crippen LogP contribution is -1.94. The number of para-hydroxylation sites is 1. The molecule has 0 aliphatic heterocycles. The third-order valence-corrected chi connectivity index (χ3v) is 3.31. The summed E-state index contributed by atoms with van der Waals surface area (Å²) >= 11 is 0. The zero-order valence-electron chi connectivity index (χ0n) is 10.8. The Bertz CT molecular complexity index is 716. The summed E-state index contributed by atoms with van der Waals surface area (Å²) in [6, 6.07) is 16.5. The molecule has 0 aliphatic carbocycles. The van der Waals surface area contributed by atoms with Gasteiger partial charge in [-0.2, -0.15) is 0 Å². The van der Waals surface area contributed by atoms with Crippen LogP contribution in [0.15, 0.2) is 48.5 Å². The molecule has 0 aliphatic rings. The lowest BCUT2D eigenvalue weighted by molar-refractivity contribution is 0.416. The van der Waals surface area contributed by atoms with E-state index in [0.717, 1.165) is 28.1 Å². The Balaban J connectivity index is 2.14. The van der Waals surface area contributed by atoms with E-state index in [4.69, 9.17) is 10.5 Å². The normalized spacial score (nSPS) is 10.8. The zero-order valence-corrected chi connectivity index (χ0v) is 10.8. The van der Waals surface area contributed by atoms with Crippen LogP contribution in [-0.4, -0.2) is 12.1 Å². The molecule has 0 spiro atoms. The Morgan fingerprint density at radius 1 is 1.11 bits per heavy atom. The molecule has 0 atom stereocenters. The molecule has 3 nitrogen and oxygen atoms in total. The van der Waals surface area contributed by atoms with E-state index >= 15 is 0 Å². The van der Waals surface area contributed by atoms with E-state index in [1.807, 2.05) is 18.2 Å². The van der Waals surface area contributed by atoms with Crippen molar-refractivity contribution in [1.29, 1.82) is 0 Å². The molecule has 0 unspecified atom stereocenters. The number of rotatable bonds is 3. The van der Waals surface area contributed by atoms with E-state index in [2.05, 4.69) is 35.3 Å². The summed E-state index contributed by atoms with van der Waals surface area (Å²) in [6.45, 7) is 0.526. The van der Waals surface area contributed by atoms with Gasteiger partial charge in [-0.05, 0) is 29.8 Å². The monoisotopic (exact) mass is 252 g/mol. The molecule has 2 aromatic carbocycles. The SMILES string of the molecule is COc1ccccc1-c1ccc2[nH]c(CN)cc2c1. The van der Waals surface area contributed by atoms with E-state index in [9.17, 15) is 0 Å². The summed E-state index contributed by atoms with van der Waals surface area (Å²) in [5.74, 6) is 0.886. The van der Waals surface area contributed by atoms with Gasteiger partial charge in [0.15, 0.2) is 0 Å². The van der Waals surface area contributed by atoms with Crippen LogP contribution < -0.4 is 10.5 Å². The molecule has 3 heteroatoms. The van der Waals surface area contributed by atoms with Crippen molar-refractivity contribution in [3.63, 3.8) is 0 Å². The first-order chi connectivity index (χ1) is 9.31. The first-order valence-electron chi connectivity index (χ1n) is 6.27. The lowest BCUT2D eigenvalue weighted by atomic mass is 10.0. The Labute approximate surface area is 112 Å². The molecule has 0 saturated carbocycles. The van der Waals surface area contributed by atoms with Crippen LogP contribution in [0, 0.1) is 0 Å². The molecule has 96 valence electrons. The van der Waals surface area contributed by atoms with Gasteiger partial charge in [0.25, 0.3) is 0 Å². The summed E-state index contributed by atoms with van der Waals surface area (Å²) in [4.78, 5) is 3.30. The highest BCUT2D eigenvalue weighted by molar-refractivity contribution is 5.87. The number of H-pyrrole nitrogens is 1. The van der Waals surface area contributed by atoms with Gasteiger partial charge in [0.1, 0.15) is 5.75 Å². The molecular weight excluding hydrogens is 236 g/mol. The minimum Gasteiger partial charge on any atom is -0.496 e. The first kappa shape index (κ1) is 11.8. The van der Waals surface area contributed by atoms with E-state index in [-0.39, 0.29) is 0 Å². The average Bonchev–Trinajstić information content (AvgIpc) is 2.89. The first-order valence-corrected chi connectivity index (χ1v) is 6.27. The van der Waals surface area contributed by atoms with Crippen molar-refractivity contribution in [1.82, 2.24) is 4.98 Å². The molecule has 3 aromatic rings. The quantitative estimate of drug-likeness (QED) is 0.751. The van der Waals surface area contributed by atoms with E-state index in [1.54, 1.807) is 7.11 Å². The summed E-state index contributed by atoms with van der Waals surface area (Å²) in [6.07, 6.45) is 0. The van der Waals surface area contributed by atoms with Crippen molar-refractivity contribution in [2.24, 2.45) is 5.73 Å². The third kappa shape index (κ3) is 2.09. The van der Waals surface area contributed by atoms with E-state index in [1.165, 1.54) is 5.39 Å². The van der Waals surface area contributed by atoms with Crippen molar-refractivity contribution >= 4 is 10.9 Å². The number of methoxy groups -OCH3 is 1. The van der Waals surface area contributed by atoms with Crippen LogP contribution in [0.25, 0.3) is 22.0 Å². The molecule has 0 amide bonds. The lowest BCUT2D eigenvalue weighted by Gasteiger charge is -2.08. The van der Waals surface area contributed by atoms with Crippen LogP contribution >= 0.6 is 0 Å². The number of benzene rings is 2. The van der Waals surface area contributed by atoms with Crippen LogP contribution in [0.5, 0.6) is 5.75 Å². The number of fused-ring (bicyclic) bond motifs is 1. The summed E-state index contributed by atoms with van der Waals surface area (Å²) in [7, 11) is 1.69. The number of hydrogen-bond donors (Lipinski definition) is 2. The van der Waals surface area contributed by atoms with Crippen molar-refractivity contribution < 1.29 is 4.74 Å². The second-order valence-electron chi connectivity index (χ2n) is 4.50. The Hall–Kier alpha value is -2.26. The molecular formula is C16H16N2O. The molecule has 0 bridgehead atoms. The second-order valence-corrected chi connectivity index (χ2v) is 4.50. The van der Waals surface area contributed by atoms with Gasteiger partial charge < -0.3 is 15.5 Å². The maximum absolute atomic E-state index is 5.66. The maximum atomic E-state index is 5.66. The number of nitrogens with two attached hydrogens (primary N) is 1. The van der Waals surface area contributed by atoms with Crippen LogP contribution in [0.1, 0.15) is 5.69 Å². The van der Waals surface area contributed by atoms with E-state index in [0.29, 0.717) is 6.54 Å². The molecule has 1 aromatic heterocycles. The number of aromatic nitrogens is 1. The highest BCUT2D eigenvalue weighted by Crippen LogP contribution is 2.31. The Morgan fingerprint density at radius 3 is 2.74 bits per heavy atom. The second kappa shape index (κ2) is 4.78. The minimum atomic E-state index is 0.526. The fourth-order valence-corrected chi connectivity index (χ4v) is 2.35. The maximum Gasteiger partial charge on any atom is 0.126 e.